The van der Waals surface area contributed by atoms with Gasteiger partial charge in [-0.3, -0.25) is 4.79 Å². The van der Waals surface area contributed by atoms with Gasteiger partial charge in [-0.1, -0.05) is 20.8 Å². The molecule has 172 valence electrons. The number of carbonyl (C=O) groups is 2. The van der Waals surface area contributed by atoms with Gasteiger partial charge < -0.3 is 20.1 Å². The van der Waals surface area contributed by atoms with Crippen molar-refractivity contribution in [1.29, 1.82) is 0 Å². The molecule has 0 aromatic rings. The average molecular weight is 433 g/mol. The van der Waals surface area contributed by atoms with E-state index in [4.69, 9.17) is 9.47 Å². The van der Waals surface area contributed by atoms with Crippen LogP contribution in [0.3, 0.4) is 0 Å². The van der Waals surface area contributed by atoms with Crippen LogP contribution >= 0.6 is 7.92 Å². The fraction of sp³-hybridized carbons (Fsp3) is 0.909. The van der Waals surface area contributed by atoms with E-state index in [-0.39, 0.29) is 22.2 Å². The van der Waals surface area contributed by atoms with Gasteiger partial charge in [-0.25, -0.2) is 4.79 Å². The monoisotopic (exact) mass is 432 g/mol. The first kappa shape index (κ1) is 28.1. The van der Waals surface area contributed by atoms with Crippen molar-refractivity contribution in [3.05, 3.63) is 0 Å². The molecule has 0 saturated carbocycles. The summed E-state index contributed by atoms with van der Waals surface area (Å²) in [4.78, 5) is 24.2. The Kier molecular flexibility index (Phi) is 10.6. The number of hydrogen-bond donors (Lipinski definition) is 2. The molecule has 1 atom stereocenters. The van der Waals surface area contributed by atoms with Crippen LogP contribution in [-0.4, -0.2) is 54.5 Å². The van der Waals surface area contributed by atoms with E-state index in [1.165, 1.54) is 0 Å². The van der Waals surface area contributed by atoms with E-state index >= 15 is 0 Å². The molecule has 1 unspecified atom stereocenters. The van der Waals surface area contributed by atoms with Crippen LogP contribution in [0.15, 0.2) is 0 Å². The quantitative estimate of drug-likeness (QED) is 0.432. The molecular weight excluding hydrogens is 387 g/mol. The summed E-state index contributed by atoms with van der Waals surface area (Å²) in [7, 11) is -0.699. The van der Waals surface area contributed by atoms with Crippen LogP contribution in [-0.2, 0) is 9.47 Å². The van der Waals surface area contributed by atoms with Crippen molar-refractivity contribution in [2.75, 3.05) is 26.0 Å². The Labute approximate surface area is 180 Å². The van der Waals surface area contributed by atoms with Crippen LogP contribution in [0, 0.1) is 5.41 Å². The van der Waals surface area contributed by atoms with Crippen LogP contribution in [0.25, 0.3) is 0 Å². The second-order valence-corrected chi connectivity index (χ2v) is 13.4. The second kappa shape index (κ2) is 10.9. The maximum atomic E-state index is 12.5. The van der Waals surface area contributed by atoms with Crippen LogP contribution in [0.1, 0.15) is 82.1 Å². The van der Waals surface area contributed by atoms with Crippen molar-refractivity contribution in [3.63, 3.8) is 0 Å². The number of carbonyl (C=O) groups excluding carboxylic acids is 2. The molecule has 0 aromatic carbocycles. The fourth-order valence-corrected chi connectivity index (χ4v) is 4.73. The predicted octanol–water partition coefficient (Wildman–Crippen LogP) is 5.73. The zero-order chi connectivity index (χ0) is 23.1. The summed E-state index contributed by atoms with van der Waals surface area (Å²) in [6.45, 7) is 23.1. The van der Waals surface area contributed by atoms with E-state index in [2.05, 4.69) is 31.4 Å². The molecule has 2 N–H and O–H groups in total. The smallest absolute Gasteiger partial charge is 0.407 e. The lowest BCUT2D eigenvalue weighted by Crippen LogP contribution is -2.44. The molecule has 0 heterocycles. The first-order chi connectivity index (χ1) is 12.8. The molecule has 6 nitrogen and oxygen atoms in total. The summed E-state index contributed by atoms with van der Waals surface area (Å²) < 4.78 is 11.3. The Morgan fingerprint density at radius 2 is 1.45 bits per heavy atom. The summed E-state index contributed by atoms with van der Waals surface area (Å²) in [5, 5.41) is 5.94. The Balaban J connectivity index is 4.32. The lowest BCUT2D eigenvalue weighted by Gasteiger charge is -2.32. The van der Waals surface area contributed by atoms with Gasteiger partial charge in [0.05, 0.1) is 5.60 Å². The van der Waals surface area contributed by atoms with E-state index in [1.54, 1.807) is 0 Å². The topological polar surface area (TPSA) is 76.7 Å². The highest BCUT2D eigenvalue weighted by molar-refractivity contribution is 7.74. The van der Waals surface area contributed by atoms with Gasteiger partial charge in [0, 0.05) is 18.7 Å². The van der Waals surface area contributed by atoms with E-state index in [0.29, 0.717) is 19.6 Å². The molecule has 0 aliphatic rings. The highest BCUT2D eigenvalue weighted by atomic mass is 31.1. The number of alkyl carbamates (subject to hydrolysis) is 1. The Hall–Kier alpha value is -0.870. The van der Waals surface area contributed by atoms with Gasteiger partial charge >= 0.3 is 6.09 Å². The number of amides is 2. The zero-order valence-electron chi connectivity index (χ0n) is 20.6. The number of hydrogen-bond acceptors (Lipinski definition) is 4. The van der Waals surface area contributed by atoms with Gasteiger partial charge in [-0.05, 0) is 87.5 Å². The summed E-state index contributed by atoms with van der Waals surface area (Å²) in [6, 6.07) is 0. The van der Waals surface area contributed by atoms with E-state index in [9.17, 15) is 9.59 Å². The van der Waals surface area contributed by atoms with Crippen LogP contribution in [0.5, 0.6) is 0 Å². The fourth-order valence-electron chi connectivity index (χ4n) is 2.67. The SMILES string of the molecule is CP(CC(C)(C)C)C(=O)NC(C)(C)CCOC(C)(C)CCNC(=O)OC(C)(C)C. The molecule has 29 heavy (non-hydrogen) atoms. The Bertz CT molecular complexity index is 534. The molecule has 0 saturated heterocycles. The minimum atomic E-state index is -0.699. The zero-order valence-corrected chi connectivity index (χ0v) is 21.5. The lowest BCUT2D eigenvalue weighted by molar-refractivity contribution is -0.0299. The van der Waals surface area contributed by atoms with Crippen LogP contribution in [0.2, 0.25) is 0 Å². The first-order valence-electron chi connectivity index (χ1n) is 10.5. The third-order valence-corrected chi connectivity index (χ3v) is 6.35. The molecule has 0 aromatic heterocycles. The van der Waals surface area contributed by atoms with E-state index in [1.807, 2.05) is 55.1 Å². The van der Waals surface area contributed by atoms with Crippen LogP contribution < -0.4 is 10.6 Å². The lowest BCUT2D eigenvalue weighted by atomic mass is 10.0. The van der Waals surface area contributed by atoms with Crippen LogP contribution in [0.4, 0.5) is 9.59 Å². The standard InChI is InChI=1S/C22H45N2O4P/c1-19(2,3)16-29(11)18(26)24-21(7,8)13-15-27-22(9,10)12-14-23-17(25)28-20(4,5)6/h12-16H2,1-11H3,(H,23,25)(H,24,26). The highest BCUT2D eigenvalue weighted by Gasteiger charge is 2.27. The van der Waals surface area contributed by atoms with E-state index in [0.717, 1.165) is 12.6 Å². The summed E-state index contributed by atoms with van der Waals surface area (Å²) >= 11 is 0. The average Bonchev–Trinajstić information content (AvgIpc) is 2.41. The van der Waals surface area contributed by atoms with Crippen molar-refractivity contribution in [1.82, 2.24) is 10.6 Å². The Morgan fingerprint density at radius 1 is 0.897 bits per heavy atom. The molecule has 7 heteroatoms. The maximum Gasteiger partial charge on any atom is 0.407 e. The van der Waals surface area contributed by atoms with Crippen molar-refractivity contribution in [3.8, 4) is 0 Å². The largest absolute Gasteiger partial charge is 0.444 e. The van der Waals surface area contributed by atoms with Gasteiger partial charge in [0.1, 0.15) is 5.60 Å². The molecule has 0 radical (unpaired) electrons. The van der Waals surface area contributed by atoms with Gasteiger partial charge in [0.15, 0.2) is 0 Å². The summed E-state index contributed by atoms with van der Waals surface area (Å²) in [5.41, 5.74) is -0.893. The number of rotatable bonds is 10. The van der Waals surface area contributed by atoms with Gasteiger partial charge in [0.25, 0.3) is 0 Å². The molecule has 0 spiro atoms. The molecule has 0 aliphatic heterocycles. The predicted molar refractivity (Wildman–Crippen MR) is 123 cm³/mol. The minimum Gasteiger partial charge on any atom is -0.444 e. The van der Waals surface area contributed by atoms with Crippen molar-refractivity contribution < 1.29 is 19.1 Å². The third-order valence-electron chi connectivity index (χ3n) is 4.12. The molecule has 2 amide bonds. The summed E-state index contributed by atoms with van der Waals surface area (Å²) in [6.07, 6.45) is 1.90. The van der Waals surface area contributed by atoms with Gasteiger partial charge in [-0.15, -0.1) is 0 Å². The second-order valence-electron chi connectivity index (χ2n) is 11.3. The van der Waals surface area contributed by atoms with Gasteiger partial charge in [-0.2, -0.15) is 0 Å². The van der Waals surface area contributed by atoms with Gasteiger partial charge in [0.2, 0.25) is 5.65 Å². The minimum absolute atomic E-state index is 0.153. The molecule has 0 aliphatic carbocycles. The Morgan fingerprint density at radius 3 is 1.93 bits per heavy atom. The highest BCUT2D eigenvalue weighted by Crippen LogP contribution is 2.39. The van der Waals surface area contributed by atoms with Crippen molar-refractivity contribution >= 4 is 19.7 Å². The first-order valence-corrected chi connectivity index (χ1v) is 12.4. The van der Waals surface area contributed by atoms with E-state index < -0.39 is 19.6 Å². The molecule has 0 fully saturated rings. The number of nitrogens with one attached hydrogen (secondary N) is 2. The maximum absolute atomic E-state index is 12.5. The molecular formula is C22H45N2O4P. The van der Waals surface area contributed by atoms with Crippen molar-refractivity contribution in [2.24, 2.45) is 5.41 Å². The normalized spacial score (nSPS) is 14.3. The summed E-state index contributed by atoms with van der Waals surface area (Å²) in [5.74, 6) is 0. The third kappa shape index (κ3) is 15.6. The number of ether oxygens (including phenoxy) is 2. The molecule has 0 rings (SSSR count). The molecule has 0 bridgehead atoms. The van der Waals surface area contributed by atoms with Crippen molar-refractivity contribution in [2.45, 2.75) is 98.8 Å².